The number of hydrogen-bond acceptors (Lipinski definition) is 6. The number of aliphatic hydroxyl groups is 2. The Morgan fingerprint density at radius 3 is 2.83 bits per heavy atom. The van der Waals surface area contributed by atoms with Gasteiger partial charge in [0.05, 0.1) is 18.3 Å². The molecule has 1 saturated heterocycles. The summed E-state index contributed by atoms with van der Waals surface area (Å²) in [6.07, 6.45) is 12.1. The standard InChI is InChI=1S/C22H31NO5S/c24-14(6-5-13-3-1-2-4-13)7-8-15-16-9-10-19(28-20(16)11-18(15)25)21-23-17(12-29-21)22(26)27/h7-8,12-16,18-20,24-25H,1-6,9-11H2,(H,26,27)/b8-7+/t14?,15-,16-,18-,19-,20+/m1/s1. The molecule has 3 fully saturated rings. The first-order valence-electron chi connectivity index (χ1n) is 10.9. The minimum absolute atomic E-state index is 0.00737. The Morgan fingerprint density at radius 2 is 2.10 bits per heavy atom. The summed E-state index contributed by atoms with van der Waals surface area (Å²) in [5.41, 5.74) is 0.0644. The number of rotatable bonds is 7. The van der Waals surface area contributed by atoms with E-state index in [2.05, 4.69) is 4.98 Å². The second kappa shape index (κ2) is 9.25. The molecule has 0 aromatic carbocycles. The number of carboxylic acid groups (broad SMARTS) is 1. The number of thiazole rings is 1. The van der Waals surface area contributed by atoms with Gasteiger partial charge in [-0.25, -0.2) is 9.78 Å². The second-order valence-electron chi connectivity index (χ2n) is 8.84. The number of fused-ring (bicyclic) bond motifs is 1. The average Bonchev–Trinajstić information content (AvgIpc) is 3.43. The summed E-state index contributed by atoms with van der Waals surface area (Å²) in [6, 6.07) is 0. The fourth-order valence-corrected chi connectivity index (χ4v) is 6.17. The van der Waals surface area contributed by atoms with Gasteiger partial charge >= 0.3 is 5.97 Å². The molecule has 6 nitrogen and oxygen atoms in total. The Kier molecular flexibility index (Phi) is 6.69. The van der Waals surface area contributed by atoms with Crippen molar-refractivity contribution in [1.29, 1.82) is 0 Å². The van der Waals surface area contributed by atoms with Gasteiger partial charge in [0.2, 0.25) is 0 Å². The van der Waals surface area contributed by atoms with Crippen LogP contribution in [-0.4, -0.2) is 44.6 Å². The normalized spacial score (nSPS) is 33.9. The van der Waals surface area contributed by atoms with E-state index in [-0.39, 0.29) is 29.7 Å². The van der Waals surface area contributed by atoms with Crippen molar-refractivity contribution in [1.82, 2.24) is 4.98 Å². The van der Waals surface area contributed by atoms with Gasteiger partial charge in [0.1, 0.15) is 11.1 Å². The number of carboxylic acids is 1. The first-order valence-corrected chi connectivity index (χ1v) is 11.8. The highest BCUT2D eigenvalue weighted by Crippen LogP contribution is 2.46. The Hall–Kier alpha value is -1.28. The summed E-state index contributed by atoms with van der Waals surface area (Å²) in [5, 5.41) is 32.2. The van der Waals surface area contributed by atoms with Gasteiger partial charge in [0.25, 0.3) is 0 Å². The topological polar surface area (TPSA) is 99.9 Å². The van der Waals surface area contributed by atoms with Crippen molar-refractivity contribution in [2.45, 2.75) is 82.2 Å². The molecule has 1 aliphatic heterocycles. The van der Waals surface area contributed by atoms with Crippen LogP contribution in [0.5, 0.6) is 0 Å². The monoisotopic (exact) mass is 421 g/mol. The Morgan fingerprint density at radius 1 is 1.31 bits per heavy atom. The zero-order valence-corrected chi connectivity index (χ0v) is 17.5. The van der Waals surface area contributed by atoms with Gasteiger partial charge in [-0.2, -0.15) is 0 Å². The van der Waals surface area contributed by atoms with Crippen LogP contribution in [0.25, 0.3) is 0 Å². The van der Waals surface area contributed by atoms with Crippen molar-refractivity contribution in [3.8, 4) is 0 Å². The van der Waals surface area contributed by atoms with Gasteiger partial charge in [-0.15, -0.1) is 11.3 Å². The van der Waals surface area contributed by atoms with Crippen LogP contribution in [0.2, 0.25) is 0 Å². The van der Waals surface area contributed by atoms with E-state index in [1.165, 1.54) is 37.0 Å². The summed E-state index contributed by atoms with van der Waals surface area (Å²) in [7, 11) is 0. The van der Waals surface area contributed by atoms with Crippen LogP contribution >= 0.6 is 11.3 Å². The van der Waals surface area contributed by atoms with Crippen LogP contribution in [0.3, 0.4) is 0 Å². The molecule has 1 aromatic heterocycles. The third kappa shape index (κ3) is 4.90. The van der Waals surface area contributed by atoms with Crippen molar-refractivity contribution in [2.24, 2.45) is 17.8 Å². The summed E-state index contributed by atoms with van der Waals surface area (Å²) in [5.74, 6) is -0.00348. The molecule has 0 spiro atoms. The number of aromatic carboxylic acids is 1. The van der Waals surface area contributed by atoms with Gasteiger partial charge in [-0.1, -0.05) is 37.8 Å². The molecule has 160 valence electrons. The van der Waals surface area contributed by atoms with Crippen molar-refractivity contribution >= 4 is 17.3 Å². The van der Waals surface area contributed by atoms with Crippen molar-refractivity contribution < 1.29 is 24.9 Å². The smallest absolute Gasteiger partial charge is 0.355 e. The van der Waals surface area contributed by atoms with Gasteiger partial charge in [-0.05, 0) is 37.5 Å². The molecule has 2 aliphatic carbocycles. The van der Waals surface area contributed by atoms with Crippen molar-refractivity contribution in [3.63, 3.8) is 0 Å². The van der Waals surface area contributed by atoms with E-state index >= 15 is 0 Å². The van der Waals surface area contributed by atoms with Crippen molar-refractivity contribution in [3.05, 3.63) is 28.2 Å². The molecule has 0 amide bonds. The summed E-state index contributed by atoms with van der Waals surface area (Å²) >= 11 is 1.32. The molecule has 29 heavy (non-hydrogen) atoms. The van der Waals surface area contributed by atoms with Crippen LogP contribution in [0, 0.1) is 17.8 Å². The van der Waals surface area contributed by atoms with E-state index < -0.39 is 18.2 Å². The highest BCUT2D eigenvalue weighted by molar-refractivity contribution is 7.09. The molecule has 4 rings (SSSR count). The van der Waals surface area contributed by atoms with Crippen LogP contribution < -0.4 is 0 Å². The van der Waals surface area contributed by atoms with Gasteiger partial charge in [0.15, 0.2) is 5.69 Å². The maximum Gasteiger partial charge on any atom is 0.355 e. The molecule has 6 atom stereocenters. The fourth-order valence-electron chi connectivity index (χ4n) is 5.31. The third-order valence-electron chi connectivity index (χ3n) is 6.91. The highest BCUT2D eigenvalue weighted by atomic mass is 32.1. The molecule has 1 unspecified atom stereocenters. The Labute approximate surface area is 175 Å². The maximum absolute atomic E-state index is 11.1. The molecular weight excluding hydrogens is 390 g/mol. The lowest BCUT2D eigenvalue weighted by atomic mass is 9.86. The molecule has 3 aliphatic rings. The number of carbonyl (C=O) groups is 1. The minimum Gasteiger partial charge on any atom is -0.476 e. The average molecular weight is 422 g/mol. The van der Waals surface area contributed by atoms with Crippen LogP contribution in [0.4, 0.5) is 0 Å². The molecular formula is C22H31NO5S. The fraction of sp³-hybridized carbons (Fsp3) is 0.727. The predicted molar refractivity (Wildman–Crippen MR) is 110 cm³/mol. The van der Waals surface area contributed by atoms with Crippen molar-refractivity contribution in [2.75, 3.05) is 0 Å². The maximum atomic E-state index is 11.1. The summed E-state index contributed by atoms with van der Waals surface area (Å²) in [4.78, 5) is 15.2. The second-order valence-corrected chi connectivity index (χ2v) is 9.73. The highest BCUT2D eigenvalue weighted by Gasteiger charge is 2.46. The number of hydrogen-bond donors (Lipinski definition) is 3. The molecule has 3 N–H and O–H groups in total. The number of ether oxygens (including phenoxy) is 1. The first kappa shape index (κ1) is 21.0. The van der Waals surface area contributed by atoms with Crippen LogP contribution in [-0.2, 0) is 4.74 Å². The van der Waals surface area contributed by atoms with Gasteiger partial charge in [-0.3, -0.25) is 0 Å². The number of aromatic nitrogens is 1. The van der Waals surface area contributed by atoms with E-state index in [9.17, 15) is 15.0 Å². The van der Waals surface area contributed by atoms with Crippen LogP contribution in [0.15, 0.2) is 17.5 Å². The lowest BCUT2D eigenvalue weighted by molar-refractivity contribution is -0.0767. The van der Waals surface area contributed by atoms with Gasteiger partial charge in [0, 0.05) is 17.7 Å². The zero-order valence-electron chi connectivity index (χ0n) is 16.7. The molecule has 7 heteroatoms. The molecule has 1 aromatic rings. The molecule has 0 bridgehead atoms. The first-order chi connectivity index (χ1) is 14.0. The molecule has 2 saturated carbocycles. The SMILES string of the molecule is O=C(O)c1csc([C@H]2CC[C@@H]3[C@@H](/C=C/C(O)CCC4CCCC4)[C@H](O)C[C@@H]3O2)n1. The lowest BCUT2D eigenvalue weighted by Gasteiger charge is -2.33. The quantitative estimate of drug-likeness (QED) is 0.577. The third-order valence-corrected chi connectivity index (χ3v) is 7.85. The number of aliphatic hydroxyl groups excluding tert-OH is 2. The van der Waals surface area contributed by atoms with Crippen LogP contribution in [0.1, 0.15) is 79.4 Å². The van der Waals surface area contributed by atoms with E-state index in [0.29, 0.717) is 11.4 Å². The predicted octanol–water partition coefficient (Wildman–Crippen LogP) is 3.95. The Balaban J connectivity index is 1.31. The zero-order chi connectivity index (χ0) is 20.4. The van der Waals surface area contributed by atoms with E-state index in [0.717, 1.165) is 31.6 Å². The van der Waals surface area contributed by atoms with Gasteiger partial charge < -0.3 is 20.1 Å². The van der Waals surface area contributed by atoms with E-state index in [1.54, 1.807) is 5.38 Å². The molecule has 0 radical (unpaired) electrons. The largest absolute Gasteiger partial charge is 0.476 e. The number of nitrogens with zero attached hydrogens (tertiary/aromatic N) is 1. The Bertz CT molecular complexity index is 729. The molecule has 2 heterocycles. The summed E-state index contributed by atoms with van der Waals surface area (Å²) < 4.78 is 6.21. The lowest BCUT2D eigenvalue weighted by Crippen LogP contribution is -2.30. The van der Waals surface area contributed by atoms with E-state index in [1.807, 2.05) is 12.2 Å². The summed E-state index contributed by atoms with van der Waals surface area (Å²) in [6.45, 7) is 0. The van der Waals surface area contributed by atoms with E-state index in [4.69, 9.17) is 9.84 Å². The minimum atomic E-state index is -1.02.